The standard InChI is InChI=1S/C13H16Br2N2O3.ClH/c1-2-20-13(19)11(17-12(18)7-16)5-8-3-9(14)6-10(15)4-8;/h3-4,6,11H,2,5,7,16H2,1H3,(H,17,18);1H. The van der Waals surface area contributed by atoms with E-state index < -0.39 is 17.9 Å². The topological polar surface area (TPSA) is 81.4 Å². The zero-order valence-corrected chi connectivity index (χ0v) is 15.4. The van der Waals surface area contributed by atoms with Crippen LogP contribution < -0.4 is 11.1 Å². The maximum Gasteiger partial charge on any atom is 0.328 e. The molecule has 0 aliphatic heterocycles. The van der Waals surface area contributed by atoms with Gasteiger partial charge in [0.25, 0.3) is 0 Å². The summed E-state index contributed by atoms with van der Waals surface area (Å²) in [4.78, 5) is 23.3. The van der Waals surface area contributed by atoms with Crippen molar-refractivity contribution in [1.82, 2.24) is 5.32 Å². The van der Waals surface area contributed by atoms with Crippen LogP contribution in [0.5, 0.6) is 0 Å². The molecule has 0 saturated carbocycles. The molecule has 8 heteroatoms. The smallest absolute Gasteiger partial charge is 0.328 e. The van der Waals surface area contributed by atoms with Crippen LogP contribution >= 0.6 is 44.3 Å². The van der Waals surface area contributed by atoms with Crippen LogP contribution in [0.25, 0.3) is 0 Å². The van der Waals surface area contributed by atoms with Gasteiger partial charge in [-0.3, -0.25) is 4.79 Å². The molecule has 1 rings (SSSR count). The number of halogens is 3. The predicted octanol–water partition coefficient (Wildman–Crippen LogP) is 2.18. The first kappa shape index (κ1) is 20.4. The van der Waals surface area contributed by atoms with E-state index in [1.54, 1.807) is 6.92 Å². The average Bonchev–Trinajstić information content (AvgIpc) is 2.36. The molecule has 118 valence electrons. The second kappa shape index (κ2) is 10.2. The molecule has 1 unspecified atom stereocenters. The fraction of sp³-hybridized carbons (Fsp3) is 0.385. The number of nitrogens with two attached hydrogens (primary N) is 1. The fourth-order valence-electron chi connectivity index (χ4n) is 1.65. The molecule has 0 fully saturated rings. The normalized spacial score (nSPS) is 11.2. The molecule has 5 nitrogen and oxygen atoms in total. The number of hydrogen-bond acceptors (Lipinski definition) is 4. The summed E-state index contributed by atoms with van der Waals surface area (Å²) < 4.78 is 6.73. The van der Waals surface area contributed by atoms with E-state index >= 15 is 0 Å². The van der Waals surface area contributed by atoms with Gasteiger partial charge in [0.15, 0.2) is 0 Å². The molecule has 0 aromatic heterocycles. The van der Waals surface area contributed by atoms with Crippen molar-refractivity contribution in [3.8, 4) is 0 Å². The maximum absolute atomic E-state index is 11.9. The molecule has 21 heavy (non-hydrogen) atoms. The summed E-state index contributed by atoms with van der Waals surface area (Å²) in [6, 6.07) is 4.91. The fourth-order valence-corrected chi connectivity index (χ4v) is 3.04. The van der Waals surface area contributed by atoms with Crippen LogP contribution in [-0.2, 0) is 20.7 Å². The van der Waals surface area contributed by atoms with Crippen molar-refractivity contribution >= 4 is 56.1 Å². The van der Waals surface area contributed by atoms with E-state index in [0.717, 1.165) is 14.5 Å². The molecule has 0 heterocycles. The summed E-state index contributed by atoms with van der Waals surface area (Å²) in [6.45, 7) is 1.81. The van der Waals surface area contributed by atoms with E-state index in [-0.39, 0.29) is 25.6 Å². The first-order chi connectivity index (χ1) is 9.46. The highest BCUT2D eigenvalue weighted by Gasteiger charge is 2.22. The van der Waals surface area contributed by atoms with Crippen molar-refractivity contribution in [3.63, 3.8) is 0 Å². The summed E-state index contributed by atoms with van der Waals surface area (Å²) in [5, 5.41) is 2.57. The molecule has 3 N–H and O–H groups in total. The van der Waals surface area contributed by atoms with Crippen molar-refractivity contribution in [1.29, 1.82) is 0 Å². The van der Waals surface area contributed by atoms with Crippen LogP contribution in [0.3, 0.4) is 0 Å². The molecule has 0 aliphatic rings. The van der Waals surface area contributed by atoms with E-state index in [4.69, 9.17) is 10.5 Å². The number of ether oxygens (including phenoxy) is 1. The van der Waals surface area contributed by atoms with Gasteiger partial charge in [-0.2, -0.15) is 0 Å². The molecular weight excluding hydrogens is 427 g/mol. The van der Waals surface area contributed by atoms with Gasteiger partial charge < -0.3 is 15.8 Å². The second-order valence-corrected chi connectivity index (χ2v) is 5.89. The van der Waals surface area contributed by atoms with Crippen molar-refractivity contribution in [2.24, 2.45) is 5.73 Å². The lowest BCUT2D eigenvalue weighted by Crippen LogP contribution is -2.45. The Bertz CT molecular complexity index is 480. The largest absolute Gasteiger partial charge is 0.464 e. The minimum absolute atomic E-state index is 0. The Hall–Kier alpha value is -0.630. The molecule has 1 atom stereocenters. The summed E-state index contributed by atoms with van der Waals surface area (Å²) in [5.41, 5.74) is 6.15. The lowest BCUT2D eigenvalue weighted by atomic mass is 10.1. The van der Waals surface area contributed by atoms with Crippen LogP contribution in [0.15, 0.2) is 27.1 Å². The van der Waals surface area contributed by atoms with E-state index in [0.29, 0.717) is 6.42 Å². The highest BCUT2D eigenvalue weighted by Crippen LogP contribution is 2.21. The predicted molar refractivity (Wildman–Crippen MR) is 90.4 cm³/mol. The monoisotopic (exact) mass is 442 g/mol. The van der Waals surface area contributed by atoms with Crippen molar-refractivity contribution in [2.45, 2.75) is 19.4 Å². The number of rotatable bonds is 6. The molecule has 0 bridgehead atoms. The van der Waals surface area contributed by atoms with Gasteiger partial charge in [-0.25, -0.2) is 4.79 Å². The number of carbonyl (C=O) groups excluding carboxylic acids is 2. The van der Waals surface area contributed by atoms with Gasteiger partial charge in [0, 0.05) is 15.4 Å². The molecule has 0 saturated heterocycles. The van der Waals surface area contributed by atoms with E-state index in [2.05, 4.69) is 37.2 Å². The Kier molecular flexibility index (Phi) is 9.85. The minimum atomic E-state index is -0.743. The molecule has 1 aromatic rings. The zero-order chi connectivity index (χ0) is 15.1. The molecular formula is C13H17Br2ClN2O3. The van der Waals surface area contributed by atoms with Crippen LogP contribution in [-0.4, -0.2) is 31.1 Å². The third-order valence-electron chi connectivity index (χ3n) is 2.45. The lowest BCUT2D eigenvalue weighted by Gasteiger charge is -2.17. The van der Waals surface area contributed by atoms with E-state index in [1.165, 1.54) is 0 Å². The van der Waals surface area contributed by atoms with Crippen molar-refractivity contribution in [3.05, 3.63) is 32.7 Å². The molecule has 1 aromatic carbocycles. The number of amides is 1. The van der Waals surface area contributed by atoms with Gasteiger partial charge in [-0.15, -0.1) is 12.4 Å². The Morgan fingerprint density at radius 2 is 1.86 bits per heavy atom. The first-order valence-corrected chi connectivity index (χ1v) is 7.66. The van der Waals surface area contributed by atoms with E-state index in [9.17, 15) is 9.59 Å². The Balaban J connectivity index is 0.00000400. The number of nitrogens with one attached hydrogen (secondary N) is 1. The Morgan fingerprint density at radius 1 is 1.29 bits per heavy atom. The number of hydrogen-bond donors (Lipinski definition) is 2. The lowest BCUT2D eigenvalue weighted by molar-refractivity contribution is -0.147. The van der Waals surface area contributed by atoms with Gasteiger partial charge in [-0.05, 0) is 30.7 Å². The van der Waals surface area contributed by atoms with E-state index in [1.807, 2.05) is 18.2 Å². The van der Waals surface area contributed by atoms with Gasteiger partial charge in [0.05, 0.1) is 13.2 Å². The third kappa shape index (κ3) is 7.26. The van der Waals surface area contributed by atoms with Crippen LogP contribution in [0.4, 0.5) is 0 Å². The second-order valence-electron chi connectivity index (χ2n) is 4.06. The van der Waals surface area contributed by atoms with Crippen molar-refractivity contribution < 1.29 is 14.3 Å². The maximum atomic E-state index is 11.9. The van der Waals surface area contributed by atoms with Crippen LogP contribution in [0.2, 0.25) is 0 Å². The first-order valence-electron chi connectivity index (χ1n) is 6.07. The Morgan fingerprint density at radius 3 is 2.33 bits per heavy atom. The van der Waals surface area contributed by atoms with Gasteiger partial charge >= 0.3 is 5.97 Å². The minimum Gasteiger partial charge on any atom is -0.464 e. The molecule has 1 amide bonds. The SMILES string of the molecule is CCOC(=O)C(Cc1cc(Br)cc(Br)c1)NC(=O)CN.Cl. The number of benzene rings is 1. The third-order valence-corrected chi connectivity index (χ3v) is 3.37. The number of carbonyl (C=O) groups is 2. The van der Waals surface area contributed by atoms with Gasteiger partial charge in [0.1, 0.15) is 6.04 Å². The molecule has 0 spiro atoms. The number of esters is 1. The zero-order valence-electron chi connectivity index (χ0n) is 11.4. The van der Waals surface area contributed by atoms with Gasteiger partial charge in [-0.1, -0.05) is 31.9 Å². The average molecular weight is 445 g/mol. The van der Waals surface area contributed by atoms with Crippen molar-refractivity contribution in [2.75, 3.05) is 13.2 Å². The summed E-state index contributed by atoms with van der Waals surface area (Å²) >= 11 is 6.76. The van der Waals surface area contributed by atoms with Gasteiger partial charge in [0.2, 0.25) is 5.91 Å². The highest BCUT2D eigenvalue weighted by molar-refractivity contribution is 9.11. The Labute approximate surface area is 146 Å². The summed E-state index contributed by atoms with van der Waals surface area (Å²) in [6.07, 6.45) is 0.336. The molecule has 0 aliphatic carbocycles. The highest BCUT2D eigenvalue weighted by atomic mass is 79.9. The summed E-state index contributed by atoms with van der Waals surface area (Å²) in [7, 11) is 0. The van der Waals surface area contributed by atoms with Crippen LogP contribution in [0.1, 0.15) is 12.5 Å². The molecule has 0 radical (unpaired) electrons. The quantitative estimate of drug-likeness (QED) is 0.659. The van der Waals surface area contributed by atoms with Crippen LogP contribution in [0, 0.1) is 0 Å². The summed E-state index contributed by atoms with van der Waals surface area (Å²) in [5.74, 6) is -0.859.